The van der Waals surface area contributed by atoms with Crippen molar-refractivity contribution in [2.45, 2.75) is 24.7 Å². The summed E-state index contributed by atoms with van der Waals surface area (Å²) in [7, 11) is 2.49. The van der Waals surface area contributed by atoms with Crippen LogP contribution in [0.3, 0.4) is 0 Å². The summed E-state index contributed by atoms with van der Waals surface area (Å²) in [6.45, 7) is 0.132. The van der Waals surface area contributed by atoms with E-state index in [4.69, 9.17) is 32.7 Å². The van der Waals surface area contributed by atoms with Crippen molar-refractivity contribution in [2.75, 3.05) is 26.1 Å². The Hall–Kier alpha value is -1.87. The molecule has 2 rings (SSSR count). The first-order chi connectivity index (χ1) is 12.3. The number of carbonyl (C=O) groups is 3. The van der Waals surface area contributed by atoms with Crippen LogP contribution in [-0.4, -0.2) is 56.9 Å². The summed E-state index contributed by atoms with van der Waals surface area (Å²) in [5.74, 6) is -1.86. The van der Waals surface area contributed by atoms with E-state index in [9.17, 15) is 14.4 Å². The summed E-state index contributed by atoms with van der Waals surface area (Å²) < 4.78 is 14.8. The topological polar surface area (TPSA) is 103 Å². The maximum Gasteiger partial charge on any atom is 0.335 e. The third kappa shape index (κ3) is 5.31. The molecular weight excluding hydrogens is 387 g/mol. The summed E-state index contributed by atoms with van der Waals surface area (Å²) >= 11 is 11.8. The molecule has 2 N–H and O–H groups in total. The van der Waals surface area contributed by atoms with Crippen LogP contribution in [0.4, 0.5) is 5.69 Å². The number of halogens is 2. The van der Waals surface area contributed by atoms with E-state index in [1.807, 2.05) is 0 Å². The van der Waals surface area contributed by atoms with Crippen LogP contribution in [0.2, 0.25) is 10.0 Å². The summed E-state index contributed by atoms with van der Waals surface area (Å²) in [6, 6.07) is 4.05. The van der Waals surface area contributed by atoms with Gasteiger partial charge in [0.05, 0.1) is 19.8 Å². The first kappa shape index (κ1) is 20.4. The van der Waals surface area contributed by atoms with Crippen molar-refractivity contribution in [3.63, 3.8) is 0 Å². The van der Waals surface area contributed by atoms with Crippen molar-refractivity contribution in [3.8, 4) is 0 Å². The number of benzene rings is 1. The zero-order valence-electron chi connectivity index (χ0n) is 14.1. The van der Waals surface area contributed by atoms with E-state index in [2.05, 4.69) is 15.4 Å². The first-order valence-corrected chi connectivity index (χ1v) is 8.39. The summed E-state index contributed by atoms with van der Waals surface area (Å²) in [4.78, 5) is 36.1. The minimum atomic E-state index is -1.40. The predicted octanol–water partition coefficient (Wildman–Crippen LogP) is 1.39. The van der Waals surface area contributed by atoms with Gasteiger partial charge in [0.25, 0.3) is 11.8 Å². The van der Waals surface area contributed by atoms with E-state index in [0.29, 0.717) is 15.7 Å². The zero-order valence-corrected chi connectivity index (χ0v) is 15.6. The number of esters is 1. The molecule has 0 aromatic heterocycles. The van der Waals surface area contributed by atoms with Crippen molar-refractivity contribution in [3.05, 3.63) is 28.2 Å². The van der Waals surface area contributed by atoms with Gasteiger partial charge in [0.2, 0.25) is 6.10 Å². The average Bonchev–Trinajstić information content (AvgIpc) is 3.02. The van der Waals surface area contributed by atoms with Gasteiger partial charge in [-0.1, -0.05) is 23.2 Å². The quantitative estimate of drug-likeness (QED) is 0.548. The molecule has 1 aromatic carbocycles. The highest BCUT2D eigenvalue weighted by molar-refractivity contribution is 6.35. The van der Waals surface area contributed by atoms with Crippen LogP contribution in [0, 0.1) is 0 Å². The number of nitrogens with one attached hydrogen (secondary N) is 2. The van der Waals surface area contributed by atoms with E-state index >= 15 is 0 Å². The summed E-state index contributed by atoms with van der Waals surface area (Å²) in [6.07, 6.45) is -1.89. The lowest BCUT2D eigenvalue weighted by Crippen LogP contribution is -2.47. The second-order valence-electron chi connectivity index (χ2n) is 5.55. The third-order valence-electron chi connectivity index (χ3n) is 3.65. The Morgan fingerprint density at radius 1 is 1.15 bits per heavy atom. The van der Waals surface area contributed by atoms with Gasteiger partial charge in [0.1, 0.15) is 0 Å². The normalized spacial score (nSPS) is 20.3. The number of anilines is 1. The van der Waals surface area contributed by atoms with Crippen LogP contribution in [0.1, 0.15) is 6.42 Å². The molecule has 10 heteroatoms. The number of carbonyl (C=O) groups excluding carboxylic acids is 3. The number of hydrogen-bond acceptors (Lipinski definition) is 6. The molecule has 1 heterocycles. The highest BCUT2D eigenvalue weighted by Crippen LogP contribution is 2.22. The molecule has 0 bridgehead atoms. The second-order valence-corrected chi connectivity index (χ2v) is 6.42. The average molecular weight is 405 g/mol. The highest BCUT2D eigenvalue weighted by atomic mass is 35.5. The Labute approximate surface area is 160 Å². The Bertz CT molecular complexity index is 679. The molecule has 1 fully saturated rings. The molecular formula is C16H18Cl2N2O6. The van der Waals surface area contributed by atoms with Gasteiger partial charge >= 0.3 is 5.97 Å². The van der Waals surface area contributed by atoms with Gasteiger partial charge in [-0.05, 0) is 18.2 Å². The molecule has 1 aliphatic heterocycles. The molecule has 0 radical (unpaired) electrons. The van der Waals surface area contributed by atoms with E-state index in [-0.39, 0.29) is 13.0 Å². The van der Waals surface area contributed by atoms with E-state index in [1.165, 1.54) is 32.4 Å². The van der Waals surface area contributed by atoms with Crippen LogP contribution in [0.25, 0.3) is 0 Å². The maximum atomic E-state index is 12.3. The molecule has 142 valence electrons. The monoisotopic (exact) mass is 404 g/mol. The molecule has 1 aromatic rings. The minimum absolute atomic E-state index is 0.132. The Morgan fingerprint density at radius 2 is 1.81 bits per heavy atom. The van der Waals surface area contributed by atoms with E-state index in [1.54, 1.807) is 0 Å². The van der Waals surface area contributed by atoms with E-state index in [0.717, 1.165) is 0 Å². The fourth-order valence-corrected chi connectivity index (χ4v) is 2.99. The van der Waals surface area contributed by atoms with Crippen molar-refractivity contribution in [1.29, 1.82) is 0 Å². The Kier molecular flexibility index (Phi) is 7.22. The lowest BCUT2D eigenvalue weighted by molar-refractivity contribution is -0.151. The first-order valence-electron chi connectivity index (χ1n) is 7.63. The summed E-state index contributed by atoms with van der Waals surface area (Å²) in [5.41, 5.74) is 0.331. The number of amides is 2. The van der Waals surface area contributed by atoms with Gasteiger partial charge in [-0.25, -0.2) is 4.79 Å². The van der Waals surface area contributed by atoms with Gasteiger partial charge in [0.15, 0.2) is 6.10 Å². The smallest absolute Gasteiger partial charge is 0.335 e. The van der Waals surface area contributed by atoms with Gasteiger partial charge in [-0.3, -0.25) is 9.59 Å². The largest absolute Gasteiger partial charge is 0.467 e. The lowest BCUT2D eigenvalue weighted by Gasteiger charge is -2.18. The SMILES string of the molecule is COC(=O)C1CC(NC(=O)C(OC)C(=O)Nc2cc(Cl)cc(Cl)c2)CO1. The lowest BCUT2D eigenvalue weighted by atomic mass is 10.1. The van der Waals surface area contributed by atoms with Gasteiger partial charge in [0, 0.05) is 29.3 Å². The van der Waals surface area contributed by atoms with Crippen molar-refractivity contribution >= 4 is 46.7 Å². The minimum Gasteiger partial charge on any atom is -0.467 e. The highest BCUT2D eigenvalue weighted by Gasteiger charge is 2.35. The molecule has 3 atom stereocenters. The van der Waals surface area contributed by atoms with Crippen molar-refractivity contribution in [1.82, 2.24) is 5.32 Å². The van der Waals surface area contributed by atoms with Gasteiger partial charge in [-0.2, -0.15) is 0 Å². The fourth-order valence-electron chi connectivity index (χ4n) is 2.47. The molecule has 0 aliphatic carbocycles. The van der Waals surface area contributed by atoms with E-state index < -0.39 is 36.0 Å². The summed E-state index contributed by atoms with van der Waals surface area (Å²) in [5, 5.41) is 5.81. The van der Waals surface area contributed by atoms with Crippen LogP contribution < -0.4 is 10.6 Å². The van der Waals surface area contributed by atoms with Crippen LogP contribution in [-0.2, 0) is 28.6 Å². The van der Waals surface area contributed by atoms with Crippen LogP contribution in [0.15, 0.2) is 18.2 Å². The number of ether oxygens (including phenoxy) is 3. The number of rotatable bonds is 6. The van der Waals surface area contributed by atoms with Gasteiger partial charge < -0.3 is 24.8 Å². The standard InChI is InChI=1S/C16H18Cl2N2O6/c1-24-13(14(21)19-10-4-8(17)3-9(18)5-10)15(22)20-11-6-12(26-7-11)16(23)25-2/h3-5,11-13H,6-7H2,1-2H3,(H,19,21)(H,20,22). The molecule has 2 amide bonds. The molecule has 8 nitrogen and oxygen atoms in total. The van der Waals surface area contributed by atoms with Gasteiger partial charge in [-0.15, -0.1) is 0 Å². The maximum absolute atomic E-state index is 12.3. The zero-order chi connectivity index (χ0) is 19.3. The number of methoxy groups -OCH3 is 2. The second kappa shape index (κ2) is 9.18. The van der Waals surface area contributed by atoms with Crippen molar-refractivity contribution < 1.29 is 28.6 Å². The molecule has 1 aliphatic rings. The predicted molar refractivity (Wildman–Crippen MR) is 94.2 cm³/mol. The van der Waals surface area contributed by atoms with Crippen LogP contribution in [0.5, 0.6) is 0 Å². The van der Waals surface area contributed by atoms with Crippen LogP contribution >= 0.6 is 23.2 Å². The molecule has 0 saturated carbocycles. The Balaban J connectivity index is 1.95. The third-order valence-corrected chi connectivity index (χ3v) is 4.09. The Morgan fingerprint density at radius 3 is 2.38 bits per heavy atom. The van der Waals surface area contributed by atoms with Crippen molar-refractivity contribution in [2.24, 2.45) is 0 Å². The molecule has 1 saturated heterocycles. The number of hydrogen-bond donors (Lipinski definition) is 2. The molecule has 3 unspecified atom stereocenters. The fraction of sp³-hybridized carbons (Fsp3) is 0.438. The molecule has 26 heavy (non-hydrogen) atoms. The molecule has 0 spiro atoms.